The number of carbonyl (C=O) groups is 2. The highest BCUT2D eigenvalue weighted by atomic mass is 16.6. The Morgan fingerprint density at radius 2 is 2.20 bits per heavy atom. The van der Waals surface area contributed by atoms with E-state index in [9.17, 15) is 19.7 Å². The lowest BCUT2D eigenvalue weighted by atomic mass is 10.1. The monoisotopic (exact) mass is 278 g/mol. The van der Waals surface area contributed by atoms with Crippen molar-refractivity contribution in [3.05, 3.63) is 52.1 Å². The third kappa shape index (κ3) is 3.41. The number of benzene rings is 1. The van der Waals surface area contributed by atoms with Gasteiger partial charge in [-0.1, -0.05) is 18.2 Å². The van der Waals surface area contributed by atoms with Crippen molar-refractivity contribution in [2.75, 3.05) is 0 Å². The molecule has 0 radical (unpaired) electrons. The highest BCUT2D eigenvalue weighted by Crippen LogP contribution is 2.23. The van der Waals surface area contributed by atoms with Crippen LogP contribution in [0.1, 0.15) is 22.3 Å². The normalized spacial score (nSPS) is 11.4. The molecule has 0 saturated heterocycles. The lowest BCUT2D eigenvalue weighted by molar-refractivity contribution is -0.385. The molecular weight excluding hydrogens is 264 g/mol. The summed E-state index contributed by atoms with van der Waals surface area (Å²) in [5.74, 6) is -2.02. The van der Waals surface area contributed by atoms with Gasteiger partial charge in [-0.2, -0.15) is 0 Å². The van der Waals surface area contributed by atoms with Gasteiger partial charge in [0, 0.05) is 5.56 Å². The van der Waals surface area contributed by atoms with E-state index in [1.165, 1.54) is 31.2 Å². The van der Waals surface area contributed by atoms with Crippen molar-refractivity contribution in [2.24, 2.45) is 0 Å². The Balaban J connectivity index is 3.09. The number of carboxylic acids is 1. The molecule has 1 rings (SSSR count). The van der Waals surface area contributed by atoms with E-state index in [-0.39, 0.29) is 17.7 Å². The van der Waals surface area contributed by atoms with E-state index in [0.717, 1.165) is 0 Å². The molecule has 0 aliphatic heterocycles. The van der Waals surface area contributed by atoms with Gasteiger partial charge in [-0.25, -0.2) is 4.79 Å². The van der Waals surface area contributed by atoms with Crippen molar-refractivity contribution in [1.29, 1.82) is 0 Å². The topological polar surface area (TPSA) is 110 Å². The molecule has 0 aromatic heterocycles. The maximum atomic E-state index is 12.0. The first-order valence-corrected chi connectivity index (χ1v) is 5.77. The Labute approximate surface area is 115 Å². The second-order valence-corrected chi connectivity index (χ2v) is 4.12. The molecule has 0 saturated carbocycles. The summed E-state index contributed by atoms with van der Waals surface area (Å²) in [6.07, 6.45) is 1.38. The fourth-order valence-electron chi connectivity index (χ4n) is 1.71. The minimum absolute atomic E-state index is 0.0285. The van der Waals surface area contributed by atoms with Crippen molar-refractivity contribution < 1.29 is 19.6 Å². The fraction of sp³-hybridized carbons (Fsp3) is 0.231. The molecule has 1 atom stereocenters. The van der Waals surface area contributed by atoms with Crippen LogP contribution in [-0.2, 0) is 4.79 Å². The van der Waals surface area contributed by atoms with Crippen LogP contribution in [0.5, 0.6) is 0 Å². The molecule has 0 spiro atoms. The average Bonchev–Trinajstić information content (AvgIpc) is 2.37. The van der Waals surface area contributed by atoms with Gasteiger partial charge in [-0.05, 0) is 19.4 Å². The summed E-state index contributed by atoms with van der Waals surface area (Å²) < 4.78 is 0. The first kappa shape index (κ1) is 15.4. The highest BCUT2D eigenvalue weighted by Gasteiger charge is 2.26. The van der Waals surface area contributed by atoms with Crippen molar-refractivity contribution in [3.8, 4) is 0 Å². The SMILES string of the molecule is C=CCC(NC(=O)c1cccc(C)c1[N+](=O)[O-])C(=O)O. The second kappa shape index (κ2) is 6.46. The number of carbonyl (C=O) groups excluding carboxylic acids is 1. The summed E-state index contributed by atoms with van der Waals surface area (Å²) in [6.45, 7) is 4.91. The van der Waals surface area contributed by atoms with Crippen LogP contribution in [0.25, 0.3) is 0 Å². The number of nitro benzene ring substituents is 1. The molecule has 1 aromatic rings. The van der Waals surface area contributed by atoms with Crippen LogP contribution in [-0.4, -0.2) is 27.9 Å². The molecule has 1 aromatic carbocycles. The van der Waals surface area contributed by atoms with Gasteiger partial charge in [0.2, 0.25) is 0 Å². The van der Waals surface area contributed by atoms with Gasteiger partial charge >= 0.3 is 5.97 Å². The van der Waals surface area contributed by atoms with E-state index in [2.05, 4.69) is 11.9 Å². The number of nitrogens with zero attached hydrogens (tertiary/aromatic N) is 1. The summed E-state index contributed by atoms with van der Waals surface area (Å²) in [4.78, 5) is 33.3. The molecule has 2 N–H and O–H groups in total. The maximum Gasteiger partial charge on any atom is 0.326 e. The number of rotatable bonds is 6. The number of aryl methyl sites for hydroxylation is 1. The molecule has 106 valence electrons. The van der Waals surface area contributed by atoms with Crippen molar-refractivity contribution in [3.63, 3.8) is 0 Å². The Kier molecular flexibility index (Phi) is 4.96. The first-order chi connectivity index (χ1) is 9.38. The van der Waals surface area contributed by atoms with Gasteiger partial charge in [-0.3, -0.25) is 14.9 Å². The highest BCUT2D eigenvalue weighted by molar-refractivity contribution is 6.00. The molecule has 1 amide bonds. The summed E-state index contributed by atoms with van der Waals surface area (Å²) in [7, 11) is 0. The van der Waals surface area contributed by atoms with E-state index in [1.807, 2.05) is 0 Å². The quantitative estimate of drug-likeness (QED) is 0.467. The van der Waals surface area contributed by atoms with Crippen LogP contribution in [0.4, 0.5) is 5.69 Å². The lowest BCUT2D eigenvalue weighted by Gasteiger charge is -2.13. The number of nitrogens with one attached hydrogen (secondary N) is 1. The average molecular weight is 278 g/mol. The van der Waals surface area contributed by atoms with E-state index in [1.54, 1.807) is 0 Å². The fourth-order valence-corrected chi connectivity index (χ4v) is 1.71. The van der Waals surface area contributed by atoms with Gasteiger partial charge in [0.15, 0.2) is 0 Å². The number of hydrogen-bond donors (Lipinski definition) is 2. The lowest BCUT2D eigenvalue weighted by Crippen LogP contribution is -2.40. The summed E-state index contributed by atoms with van der Waals surface area (Å²) in [5.41, 5.74) is -0.156. The number of para-hydroxylation sites is 1. The Bertz CT molecular complexity index is 568. The molecule has 0 fully saturated rings. The molecule has 20 heavy (non-hydrogen) atoms. The van der Waals surface area contributed by atoms with E-state index in [4.69, 9.17) is 5.11 Å². The van der Waals surface area contributed by atoms with Gasteiger partial charge in [0.25, 0.3) is 11.6 Å². The minimum atomic E-state index is -1.23. The van der Waals surface area contributed by atoms with Gasteiger partial charge in [0.1, 0.15) is 11.6 Å². The number of carboxylic acid groups (broad SMARTS) is 1. The number of aliphatic carboxylic acids is 1. The van der Waals surface area contributed by atoms with Crippen molar-refractivity contribution in [2.45, 2.75) is 19.4 Å². The van der Waals surface area contributed by atoms with Gasteiger partial charge in [0.05, 0.1) is 4.92 Å². The Morgan fingerprint density at radius 1 is 1.55 bits per heavy atom. The van der Waals surface area contributed by atoms with Gasteiger partial charge in [-0.15, -0.1) is 6.58 Å². The van der Waals surface area contributed by atoms with Crippen LogP contribution in [0.2, 0.25) is 0 Å². The molecule has 0 bridgehead atoms. The number of amides is 1. The molecular formula is C13H14N2O5. The number of nitro groups is 1. The zero-order valence-electron chi connectivity index (χ0n) is 10.8. The third-order valence-corrected chi connectivity index (χ3v) is 2.67. The zero-order valence-corrected chi connectivity index (χ0v) is 10.8. The van der Waals surface area contributed by atoms with Crippen LogP contribution in [0, 0.1) is 17.0 Å². The Morgan fingerprint density at radius 3 is 2.70 bits per heavy atom. The van der Waals surface area contributed by atoms with Crippen LogP contribution in [0.3, 0.4) is 0 Å². The predicted octanol–water partition coefficient (Wildman–Crippen LogP) is 1.66. The van der Waals surface area contributed by atoms with Crippen LogP contribution >= 0.6 is 0 Å². The standard InChI is InChI=1S/C13H14N2O5/c1-3-5-10(13(17)18)14-12(16)9-7-4-6-8(2)11(9)15(19)20/h3-4,6-7,10H,1,5H2,2H3,(H,14,16)(H,17,18). The van der Waals surface area contributed by atoms with E-state index in [0.29, 0.717) is 5.56 Å². The maximum absolute atomic E-state index is 12.0. The molecule has 1 unspecified atom stereocenters. The summed E-state index contributed by atoms with van der Waals surface area (Å²) in [6, 6.07) is 3.13. The largest absolute Gasteiger partial charge is 0.480 e. The predicted molar refractivity (Wildman–Crippen MR) is 71.5 cm³/mol. The molecule has 0 aliphatic carbocycles. The van der Waals surface area contributed by atoms with Gasteiger partial charge < -0.3 is 10.4 Å². The van der Waals surface area contributed by atoms with E-state index < -0.39 is 22.8 Å². The minimum Gasteiger partial charge on any atom is -0.480 e. The van der Waals surface area contributed by atoms with Crippen LogP contribution in [0.15, 0.2) is 30.9 Å². The number of hydrogen-bond acceptors (Lipinski definition) is 4. The smallest absolute Gasteiger partial charge is 0.326 e. The van der Waals surface area contributed by atoms with Crippen molar-refractivity contribution >= 4 is 17.6 Å². The first-order valence-electron chi connectivity index (χ1n) is 5.77. The van der Waals surface area contributed by atoms with E-state index >= 15 is 0 Å². The zero-order chi connectivity index (χ0) is 15.3. The van der Waals surface area contributed by atoms with Crippen molar-refractivity contribution in [1.82, 2.24) is 5.32 Å². The molecule has 0 aliphatic rings. The molecule has 0 heterocycles. The molecule has 7 nitrogen and oxygen atoms in total. The summed E-state index contributed by atoms with van der Waals surface area (Å²) >= 11 is 0. The second-order valence-electron chi connectivity index (χ2n) is 4.12. The Hall–Kier alpha value is -2.70. The summed E-state index contributed by atoms with van der Waals surface area (Å²) in [5, 5.41) is 22.2. The molecule has 7 heteroatoms. The third-order valence-electron chi connectivity index (χ3n) is 2.67. The van der Waals surface area contributed by atoms with Crippen LogP contribution < -0.4 is 5.32 Å².